The molecule has 1 aliphatic rings. The summed E-state index contributed by atoms with van der Waals surface area (Å²) in [5, 5.41) is 16.4. The molecule has 4 rings (SSSR count). The fraction of sp³-hybridized carbons (Fsp3) is 0.176. The van der Waals surface area contributed by atoms with Crippen LogP contribution >= 0.6 is 11.6 Å². The number of aromatic amines is 1. The van der Waals surface area contributed by atoms with Crippen LogP contribution in [0.5, 0.6) is 0 Å². The Labute approximate surface area is 158 Å². The summed E-state index contributed by atoms with van der Waals surface area (Å²) in [7, 11) is 1.30. The Balaban J connectivity index is 1.71. The summed E-state index contributed by atoms with van der Waals surface area (Å²) in [6.45, 7) is 2.09. The minimum absolute atomic E-state index is 0.120. The number of benzene rings is 1. The Hall–Kier alpha value is -3.33. The number of aromatic nitrogens is 5. The van der Waals surface area contributed by atoms with Gasteiger partial charge in [-0.3, -0.25) is 10.1 Å². The third kappa shape index (κ3) is 3.13. The average molecular weight is 384 g/mol. The highest BCUT2D eigenvalue weighted by Crippen LogP contribution is 2.27. The molecule has 0 atom stereocenters. The van der Waals surface area contributed by atoms with Crippen molar-refractivity contribution in [2.45, 2.75) is 6.92 Å². The number of aryl methyl sites for hydroxylation is 1. The molecule has 0 bridgehead atoms. The fourth-order valence-electron chi connectivity index (χ4n) is 2.73. The molecule has 27 heavy (non-hydrogen) atoms. The zero-order chi connectivity index (χ0) is 19.0. The third-order valence-electron chi connectivity index (χ3n) is 4.13. The second-order valence-electron chi connectivity index (χ2n) is 5.81. The molecule has 0 spiro atoms. The van der Waals surface area contributed by atoms with E-state index < -0.39 is 5.97 Å². The molecule has 0 amide bonds. The number of anilines is 1. The van der Waals surface area contributed by atoms with Crippen LogP contribution in [0.3, 0.4) is 0 Å². The summed E-state index contributed by atoms with van der Waals surface area (Å²) in [6.07, 6.45) is 3.14. The van der Waals surface area contributed by atoms with Gasteiger partial charge in [0.1, 0.15) is 5.71 Å². The van der Waals surface area contributed by atoms with Gasteiger partial charge in [0.25, 0.3) is 0 Å². The van der Waals surface area contributed by atoms with Crippen LogP contribution in [0.4, 0.5) is 5.82 Å². The molecule has 1 aromatic carbocycles. The molecule has 1 N–H and O–H groups in total. The molecule has 0 radical (unpaired) electrons. The van der Waals surface area contributed by atoms with Gasteiger partial charge < -0.3 is 9.64 Å². The lowest BCUT2D eigenvalue weighted by molar-refractivity contribution is -0.132. The van der Waals surface area contributed by atoms with E-state index >= 15 is 0 Å². The number of ether oxygens (including phenoxy) is 1. The van der Waals surface area contributed by atoms with Crippen LogP contribution in [-0.2, 0) is 9.53 Å². The van der Waals surface area contributed by atoms with E-state index in [1.165, 1.54) is 13.3 Å². The van der Waals surface area contributed by atoms with Gasteiger partial charge in [0.05, 0.1) is 24.9 Å². The summed E-state index contributed by atoms with van der Waals surface area (Å²) < 4.78 is 4.72. The smallest absolute Gasteiger partial charge is 0.354 e. The van der Waals surface area contributed by atoms with E-state index in [-0.39, 0.29) is 17.4 Å². The summed E-state index contributed by atoms with van der Waals surface area (Å²) in [4.78, 5) is 22.0. The van der Waals surface area contributed by atoms with E-state index in [0.717, 1.165) is 22.2 Å². The minimum Gasteiger partial charge on any atom is -0.464 e. The quantitative estimate of drug-likeness (QED) is 0.691. The van der Waals surface area contributed by atoms with Crippen molar-refractivity contribution in [2.75, 3.05) is 18.6 Å². The molecule has 0 aliphatic carbocycles. The topological polar surface area (TPSA) is 109 Å². The van der Waals surface area contributed by atoms with E-state index in [2.05, 4.69) is 30.4 Å². The number of carbonyl (C=O) groups excluding carboxylic acids is 1. The van der Waals surface area contributed by atoms with Gasteiger partial charge in [0.15, 0.2) is 16.8 Å². The lowest BCUT2D eigenvalue weighted by Gasteiger charge is -2.22. The van der Waals surface area contributed by atoms with Crippen molar-refractivity contribution in [1.29, 1.82) is 0 Å². The number of esters is 1. The lowest BCUT2D eigenvalue weighted by atomic mass is 10.1. The molecule has 9 nitrogen and oxygen atoms in total. The zero-order valence-corrected chi connectivity index (χ0v) is 15.2. The van der Waals surface area contributed by atoms with Gasteiger partial charge in [-0.15, -0.1) is 10.2 Å². The van der Waals surface area contributed by atoms with Crippen LogP contribution in [0, 0.1) is 6.92 Å². The highest BCUT2D eigenvalue weighted by Gasteiger charge is 2.22. The number of carbonyl (C=O) groups is 1. The minimum atomic E-state index is -0.511. The van der Waals surface area contributed by atoms with E-state index in [9.17, 15) is 4.79 Å². The van der Waals surface area contributed by atoms with Gasteiger partial charge in [-0.1, -0.05) is 11.6 Å². The van der Waals surface area contributed by atoms with Gasteiger partial charge in [0.2, 0.25) is 0 Å². The maximum Gasteiger partial charge on any atom is 0.354 e. The van der Waals surface area contributed by atoms with Crippen molar-refractivity contribution in [3.05, 3.63) is 41.4 Å². The Morgan fingerprint density at radius 2 is 2.19 bits per heavy atom. The van der Waals surface area contributed by atoms with Crippen molar-refractivity contribution < 1.29 is 9.53 Å². The zero-order valence-electron chi connectivity index (χ0n) is 14.5. The standard InChI is InChI=1S/C17H14ClN7O2/c1-9-11-7-10(3-4-12(11)22-21-9)15-20-16(14(18)23-24-15)25-6-5-19-13(8-25)17(26)27-2/h3-7H,8H2,1-2H3,(H,21,22). The SMILES string of the molecule is COC(=O)C1=NC=CN(c2nc(-c3ccc4[nH]nc(C)c4c3)nnc2Cl)C1. The van der Waals surface area contributed by atoms with Crippen molar-refractivity contribution in [3.63, 3.8) is 0 Å². The first kappa shape index (κ1) is 17.1. The fourth-order valence-corrected chi connectivity index (χ4v) is 2.92. The molecule has 0 unspecified atom stereocenters. The van der Waals surface area contributed by atoms with E-state index in [1.54, 1.807) is 11.1 Å². The molecule has 136 valence electrons. The van der Waals surface area contributed by atoms with Gasteiger partial charge in [0, 0.05) is 23.3 Å². The van der Waals surface area contributed by atoms with Crippen molar-refractivity contribution >= 4 is 40.0 Å². The first-order chi connectivity index (χ1) is 13.1. The predicted molar refractivity (Wildman–Crippen MR) is 101 cm³/mol. The molecular weight excluding hydrogens is 370 g/mol. The lowest BCUT2D eigenvalue weighted by Crippen LogP contribution is -2.33. The number of fused-ring (bicyclic) bond motifs is 1. The third-order valence-corrected chi connectivity index (χ3v) is 4.38. The van der Waals surface area contributed by atoms with Crippen molar-refractivity contribution in [2.24, 2.45) is 4.99 Å². The molecule has 0 saturated carbocycles. The number of halogens is 1. The number of hydrogen-bond donors (Lipinski definition) is 1. The molecule has 3 heterocycles. The molecule has 10 heteroatoms. The van der Waals surface area contributed by atoms with Gasteiger partial charge in [-0.05, 0) is 25.1 Å². The molecule has 3 aromatic rings. The number of nitrogens with one attached hydrogen (secondary N) is 1. The van der Waals surface area contributed by atoms with E-state index in [4.69, 9.17) is 16.3 Å². The maximum atomic E-state index is 11.7. The van der Waals surface area contributed by atoms with E-state index in [1.807, 2.05) is 25.1 Å². The highest BCUT2D eigenvalue weighted by molar-refractivity contribution is 6.38. The predicted octanol–water partition coefficient (Wildman–Crippen LogP) is 2.28. The van der Waals surface area contributed by atoms with Crippen LogP contribution in [0.25, 0.3) is 22.3 Å². The van der Waals surface area contributed by atoms with Gasteiger partial charge >= 0.3 is 5.97 Å². The number of methoxy groups -OCH3 is 1. The Morgan fingerprint density at radius 3 is 3.00 bits per heavy atom. The Bertz CT molecular complexity index is 1110. The van der Waals surface area contributed by atoms with Gasteiger partial charge in [-0.2, -0.15) is 5.10 Å². The Kier molecular flexibility index (Phi) is 4.28. The average Bonchev–Trinajstić information content (AvgIpc) is 3.08. The largest absolute Gasteiger partial charge is 0.464 e. The summed E-state index contributed by atoms with van der Waals surface area (Å²) in [5.74, 6) is 0.272. The van der Waals surface area contributed by atoms with Crippen LogP contribution in [-0.4, -0.2) is 50.7 Å². The molecule has 1 aliphatic heterocycles. The Morgan fingerprint density at radius 1 is 1.33 bits per heavy atom. The number of aliphatic imine (C=N–C) groups is 1. The summed E-state index contributed by atoms with van der Waals surface area (Å²) in [6, 6.07) is 5.73. The molecule has 2 aromatic heterocycles. The monoisotopic (exact) mass is 383 g/mol. The van der Waals surface area contributed by atoms with Crippen LogP contribution in [0.1, 0.15) is 5.69 Å². The number of H-pyrrole nitrogens is 1. The number of hydrogen-bond acceptors (Lipinski definition) is 8. The second kappa shape index (κ2) is 6.76. The molecular formula is C17H14ClN7O2. The molecule has 0 saturated heterocycles. The summed E-state index contributed by atoms with van der Waals surface area (Å²) >= 11 is 6.20. The first-order valence-electron chi connectivity index (χ1n) is 8.00. The van der Waals surface area contributed by atoms with Crippen LogP contribution < -0.4 is 4.90 Å². The van der Waals surface area contributed by atoms with E-state index in [0.29, 0.717) is 11.6 Å². The highest BCUT2D eigenvalue weighted by atomic mass is 35.5. The first-order valence-corrected chi connectivity index (χ1v) is 8.38. The maximum absolute atomic E-state index is 11.7. The number of rotatable bonds is 3. The van der Waals surface area contributed by atoms with Gasteiger partial charge in [-0.25, -0.2) is 9.78 Å². The molecule has 0 fully saturated rings. The number of nitrogens with zero attached hydrogens (tertiary/aromatic N) is 6. The second-order valence-corrected chi connectivity index (χ2v) is 6.17. The van der Waals surface area contributed by atoms with Crippen molar-refractivity contribution in [3.8, 4) is 11.4 Å². The van der Waals surface area contributed by atoms with Crippen molar-refractivity contribution in [1.82, 2.24) is 25.4 Å². The van der Waals surface area contributed by atoms with Crippen LogP contribution in [0.2, 0.25) is 5.15 Å². The normalized spacial score (nSPS) is 13.7. The summed E-state index contributed by atoms with van der Waals surface area (Å²) in [5.41, 5.74) is 2.83. The van der Waals surface area contributed by atoms with Crippen LogP contribution in [0.15, 0.2) is 35.6 Å².